The minimum atomic E-state index is 0.106. The van der Waals surface area contributed by atoms with Crippen LogP contribution in [0.25, 0.3) is 0 Å². The number of halogens is 1. The van der Waals surface area contributed by atoms with Crippen LogP contribution in [-0.4, -0.2) is 19.3 Å². The van der Waals surface area contributed by atoms with Crippen molar-refractivity contribution in [2.45, 2.75) is 13.5 Å². The molecule has 112 valence electrons. The van der Waals surface area contributed by atoms with Gasteiger partial charge in [0.25, 0.3) is 0 Å². The van der Waals surface area contributed by atoms with Crippen molar-refractivity contribution in [2.75, 3.05) is 19.5 Å². The number of hydrogen-bond donors (Lipinski definition) is 2. The van der Waals surface area contributed by atoms with E-state index in [4.69, 9.17) is 9.47 Å². The molecule has 0 bridgehead atoms. The molecular formula is C16H18BrNO3. The lowest BCUT2D eigenvalue weighted by Gasteiger charge is -2.13. The van der Waals surface area contributed by atoms with Crippen LogP contribution in [0.1, 0.15) is 11.1 Å². The van der Waals surface area contributed by atoms with E-state index in [9.17, 15) is 5.11 Å². The topological polar surface area (TPSA) is 50.7 Å². The first-order valence-corrected chi connectivity index (χ1v) is 7.28. The van der Waals surface area contributed by atoms with Gasteiger partial charge in [-0.3, -0.25) is 0 Å². The highest BCUT2D eigenvalue weighted by molar-refractivity contribution is 9.10. The summed E-state index contributed by atoms with van der Waals surface area (Å²) in [5.74, 6) is 1.35. The van der Waals surface area contributed by atoms with E-state index in [2.05, 4.69) is 21.2 Å². The second kappa shape index (κ2) is 6.72. The Labute approximate surface area is 132 Å². The lowest BCUT2D eigenvalue weighted by atomic mass is 10.1. The number of aryl methyl sites for hydroxylation is 1. The monoisotopic (exact) mass is 351 g/mol. The van der Waals surface area contributed by atoms with Gasteiger partial charge in [-0.15, -0.1) is 0 Å². The third-order valence-corrected chi connectivity index (χ3v) is 3.75. The van der Waals surface area contributed by atoms with Crippen LogP contribution >= 0.6 is 15.9 Å². The zero-order valence-corrected chi connectivity index (χ0v) is 13.8. The van der Waals surface area contributed by atoms with E-state index in [1.165, 1.54) is 7.11 Å². The van der Waals surface area contributed by atoms with Gasteiger partial charge >= 0.3 is 0 Å². The molecule has 0 heterocycles. The van der Waals surface area contributed by atoms with Crippen molar-refractivity contribution < 1.29 is 14.6 Å². The number of ether oxygens (including phenoxy) is 2. The first-order chi connectivity index (χ1) is 10.0. The molecule has 4 nitrogen and oxygen atoms in total. The third kappa shape index (κ3) is 3.61. The van der Waals surface area contributed by atoms with Crippen molar-refractivity contribution >= 4 is 21.6 Å². The second-order valence-electron chi connectivity index (χ2n) is 4.69. The van der Waals surface area contributed by atoms with Crippen LogP contribution in [0, 0.1) is 6.92 Å². The lowest BCUT2D eigenvalue weighted by molar-refractivity contribution is 0.371. The number of nitrogens with one attached hydrogen (secondary N) is 1. The number of rotatable bonds is 5. The molecule has 0 atom stereocenters. The normalized spacial score (nSPS) is 10.3. The first-order valence-electron chi connectivity index (χ1n) is 6.49. The minimum absolute atomic E-state index is 0.106. The van der Waals surface area contributed by atoms with Gasteiger partial charge in [-0.25, -0.2) is 0 Å². The molecule has 0 saturated heterocycles. The number of hydrogen-bond acceptors (Lipinski definition) is 4. The molecular weight excluding hydrogens is 334 g/mol. The number of phenols is 1. The van der Waals surface area contributed by atoms with Gasteiger partial charge in [0.05, 0.1) is 24.4 Å². The Morgan fingerprint density at radius 2 is 1.81 bits per heavy atom. The lowest BCUT2D eigenvalue weighted by Crippen LogP contribution is -2.02. The van der Waals surface area contributed by atoms with Crippen LogP contribution in [0.3, 0.4) is 0 Å². The van der Waals surface area contributed by atoms with E-state index in [-0.39, 0.29) is 5.75 Å². The van der Waals surface area contributed by atoms with E-state index in [0.29, 0.717) is 16.8 Å². The van der Waals surface area contributed by atoms with Crippen LogP contribution in [-0.2, 0) is 6.54 Å². The summed E-state index contributed by atoms with van der Waals surface area (Å²) in [4.78, 5) is 0. The SMILES string of the molecule is COc1cc(C)ccc1NCc1cc(Br)c(O)c(OC)c1. The Kier molecular flexibility index (Phi) is 4.96. The maximum atomic E-state index is 9.81. The predicted octanol–water partition coefficient (Wildman–Crippen LogP) is 4.09. The van der Waals surface area contributed by atoms with Gasteiger partial charge in [0.2, 0.25) is 0 Å². The van der Waals surface area contributed by atoms with Gasteiger partial charge in [-0.05, 0) is 58.2 Å². The van der Waals surface area contributed by atoms with Crippen LogP contribution in [0.2, 0.25) is 0 Å². The molecule has 2 aromatic rings. The molecule has 0 spiro atoms. The van der Waals surface area contributed by atoms with Gasteiger partial charge in [-0.1, -0.05) is 6.07 Å². The van der Waals surface area contributed by atoms with Gasteiger partial charge in [0, 0.05) is 6.54 Å². The Balaban J connectivity index is 2.18. The van der Waals surface area contributed by atoms with Crippen molar-refractivity contribution in [1.82, 2.24) is 0 Å². The van der Waals surface area contributed by atoms with Crippen LogP contribution < -0.4 is 14.8 Å². The maximum absolute atomic E-state index is 9.81. The molecule has 0 radical (unpaired) electrons. The average molecular weight is 352 g/mol. The second-order valence-corrected chi connectivity index (χ2v) is 5.54. The highest BCUT2D eigenvalue weighted by Crippen LogP contribution is 2.35. The highest BCUT2D eigenvalue weighted by Gasteiger charge is 2.09. The summed E-state index contributed by atoms with van der Waals surface area (Å²) in [6.45, 7) is 2.61. The van der Waals surface area contributed by atoms with Gasteiger partial charge < -0.3 is 19.9 Å². The quantitative estimate of drug-likeness (QED) is 0.851. The maximum Gasteiger partial charge on any atom is 0.172 e. The fourth-order valence-electron chi connectivity index (χ4n) is 2.03. The summed E-state index contributed by atoms with van der Waals surface area (Å²) in [5.41, 5.74) is 3.05. The molecule has 0 unspecified atom stereocenters. The zero-order chi connectivity index (χ0) is 15.4. The first kappa shape index (κ1) is 15.5. The minimum Gasteiger partial charge on any atom is -0.503 e. The molecule has 0 fully saturated rings. The van der Waals surface area contributed by atoms with Crippen molar-refractivity contribution in [1.29, 1.82) is 0 Å². The molecule has 0 aliphatic carbocycles. The Bertz CT molecular complexity index is 644. The third-order valence-electron chi connectivity index (χ3n) is 3.15. The number of benzene rings is 2. The van der Waals surface area contributed by atoms with Crippen LogP contribution in [0.4, 0.5) is 5.69 Å². The molecule has 0 aliphatic rings. The van der Waals surface area contributed by atoms with E-state index < -0.39 is 0 Å². The summed E-state index contributed by atoms with van der Waals surface area (Å²) >= 11 is 3.32. The largest absolute Gasteiger partial charge is 0.503 e. The van der Waals surface area contributed by atoms with Crippen molar-refractivity contribution in [2.24, 2.45) is 0 Å². The molecule has 21 heavy (non-hydrogen) atoms. The van der Waals surface area contributed by atoms with Crippen LogP contribution in [0.5, 0.6) is 17.2 Å². The summed E-state index contributed by atoms with van der Waals surface area (Å²) in [6.07, 6.45) is 0. The van der Waals surface area contributed by atoms with E-state index in [1.807, 2.05) is 31.2 Å². The molecule has 0 saturated carbocycles. The molecule has 0 amide bonds. The number of aromatic hydroxyl groups is 1. The fraction of sp³-hybridized carbons (Fsp3) is 0.250. The Morgan fingerprint density at radius 3 is 2.48 bits per heavy atom. The standard InChI is InChI=1S/C16H18BrNO3/c1-10-4-5-13(14(6-10)20-2)18-9-11-7-12(17)16(19)15(8-11)21-3/h4-8,18-19H,9H2,1-3H3. The van der Waals surface area contributed by atoms with Crippen molar-refractivity contribution in [3.05, 3.63) is 45.9 Å². The Morgan fingerprint density at radius 1 is 1.10 bits per heavy atom. The summed E-state index contributed by atoms with van der Waals surface area (Å²) < 4.78 is 11.1. The number of phenolic OH excluding ortho intramolecular Hbond substituents is 1. The molecule has 2 rings (SSSR count). The number of methoxy groups -OCH3 is 2. The molecule has 0 aromatic heterocycles. The molecule has 5 heteroatoms. The summed E-state index contributed by atoms with van der Waals surface area (Å²) in [6, 6.07) is 9.65. The molecule has 2 aromatic carbocycles. The summed E-state index contributed by atoms with van der Waals surface area (Å²) in [7, 11) is 3.18. The average Bonchev–Trinajstić information content (AvgIpc) is 2.48. The van der Waals surface area contributed by atoms with Gasteiger partial charge in [0.1, 0.15) is 5.75 Å². The van der Waals surface area contributed by atoms with E-state index in [1.54, 1.807) is 13.2 Å². The zero-order valence-electron chi connectivity index (χ0n) is 12.2. The van der Waals surface area contributed by atoms with E-state index in [0.717, 1.165) is 22.6 Å². The van der Waals surface area contributed by atoms with Gasteiger partial charge in [0.15, 0.2) is 11.5 Å². The molecule has 2 N–H and O–H groups in total. The van der Waals surface area contributed by atoms with Crippen molar-refractivity contribution in [3.63, 3.8) is 0 Å². The van der Waals surface area contributed by atoms with Crippen LogP contribution in [0.15, 0.2) is 34.8 Å². The smallest absolute Gasteiger partial charge is 0.172 e. The molecule has 0 aliphatic heterocycles. The number of anilines is 1. The highest BCUT2D eigenvalue weighted by atomic mass is 79.9. The fourth-order valence-corrected chi connectivity index (χ4v) is 2.52. The summed E-state index contributed by atoms with van der Waals surface area (Å²) in [5, 5.41) is 13.1. The predicted molar refractivity (Wildman–Crippen MR) is 87.4 cm³/mol. The van der Waals surface area contributed by atoms with Crippen molar-refractivity contribution in [3.8, 4) is 17.2 Å². The Hall–Kier alpha value is -1.88. The van der Waals surface area contributed by atoms with E-state index >= 15 is 0 Å². The van der Waals surface area contributed by atoms with Gasteiger partial charge in [-0.2, -0.15) is 0 Å².